The number of imide groups is 1. The molecule has 1 heterocycles. The zero-order valence-corrected chi connectivity index (χ0v) is 15.5. The highest BCUT2D eigenvalue weighted by Crippen LogP contribution is 2.32. The van der Waals surface area contributed by atoms with Crippen molar-refractivity contribution >= 4 is 18.2 Å². The molecule has 1 aliphatic heterocycles. The lowest BCUT2D eigenvalue weighted by atomic mass is 9.87. The topological polar surface area (TPSA) is 61.8 Å². The minimum absolute atomic E-state index is 0.352. The van der Waals surface area contributed by atoms with Gasteiger partial charge in [0, 0.05) is 5.56 Å². The van der Waals surface area contributed by atoms with Crippen molar-refractivity contribution in [3.05, 3.63) is 70.3 Å². The summed E-state index contributed by atoms with van der Waals surface area (Å²) in [6, 6.07) is 12.9. The van der Waals surface area contributed by atoms with Crippen LogP contribution in [0.25, 0.3) is 0 Å². The van der Waals surface area contributed by atoms with Gasteiger partial charge in [0.2, 0.25) is 0 Å². The summed E-state index contributed by atoms with van der Waals surface area (Å²) >= 11 is 0. The number of nitrogens with one attached hydrogen (secondary N) is 1. The number of urea groups is 1. The molecule has 0 radical (unpaired) electrons. The van der Waals surface area contributed by atoms with Gasteiger partial charge in [-0.2, -0.15) is 5.10 Å². The second-order valence-electron chi connectivity index (χ2n) is 6.73. The van der Waals surface area contributed by atoms with Crippen LogP contribution in [0.3, 0.4) is 0 Å². The number of aryl methyl sites for hydroxylation is 3. The molecule has 1 N–H and O–H groups in total. The summed E-state index contributed by atoms with van der Waals surface area (Å²) in [5.74, 6) is -0.352. The van der Waals surface area contributed by atoms with Gasteiger partial charge in [-0.25, -0.2) is 4.79 Å². The van der Waals surface area contributed by atoms with Gasteiger partial charge in [0.1, 0.15) is 5.54 Å². The fourth-order valence-electron chi connectivity index (χ4n) is 3.54. The molecule has 0 bridgehead atoms. The van der Waals surface area contributed by atoms with Crippen molar-refractivity contribution in [2.75, 3.05) is 0 Å². The van der Waals surface area contributed by atoms with Crippen LogP contribution in [0, 0.1) is 20.8 Å². The van der Waals surface area contributed by atoms with E-state index in [1.165, 1.54) is 5.56 Å². The minimum atomic E-state index is -1.06. The third-order valence-electron chi connectivity index (χ3n) is 4.91. The Balaban J connectivity index is 1.95. The summed E-state index contributed by atoms with van der Waals surface area (Å²) in [5.41, 5.74) is 3.91. The van der Waals surface area contributed by atoms with Crippen molar-refractivity contribution in [3.63, 3.8) is 0 Å². The third-order valence-corrected chi connectivity index (χ3v) is 4.91. The maximum absolute atomic E-state index is 13.0. The molecule has 0 spiro atoms. The zero-order chi connectivity index (χ0) is 18.9. The van der Waals surface area contributed by atoms with Crippen LogP contribution < -0.4 is 5.32 Å². The second-order valence-corrected chi connectivity index (χ2v) is 6.73. The van der Waals surface area contributed by atoms with Gasteiger partial charge in [-0.15, -0.1) is 5.01 Å². The fraction of sp³-hybridized carbons (Fsp3) is 0.286. The highest BCUT2D eigenvalue weighted by molar-refractivity contribution is 6.07. The standard InChI is InChI=1S/C21H23N3O2/c1-5-21(17-9-7-6-8-10-17)19(25)24(20(26)23-21)22-13-18-15(3)11-14(2)12-16(18)4/h6-13H,5H2,1-4H3,(H,23,26)/t21-/m0/s1. The van der Waals surface area contributed by atoms with Crippen LogP contribution in [0.5, 0.6) is 0 Å². The molecule has 1 aliphatic rings. The van der Waals surface area contributed by atoms with Crippen molar-refractivity contribution in [1.29, 1.82) is 0 Å². The average molecular weight is 349 g/mol. The molecule has 5 heteroatoms. The summed E-state index contributed by atoms with van der Waals surface area (Å²) in [5, 5.41) is 7.99. The molecule has 5 nitrogen and oxygen atoms in total. The first-order valence-electron chi connectivity index (χ1n) is 8.73. The number of amides is 3. The quantitative estimate of drug-likeness (QED) is 0.674. The van der Waals surface area contributed by atoms with Crippen LogP contribution in [0.1, 0.15) is 41.2 Å². The highest BCUT2D eigenvalue weighted by Gasteiger charge is 2.51. The molecule has 3 rings (SSSR count). The first kappa shape index (κ1) is 17.9. The van der Waals surface area contributed by atoms with Crippen molar-refractivity contribution in [2.24, 2.45) is 5.10 Å². The smallest absolute Gasteiger partial charge is 0.318 e. The summed E-state index contributed by atoms with van der Waals surface area (Å²) in [6.45, 7) is 7.90. The lowest BCUT2D eigenvalue weighted by molar-refractivity contribution is -0.131. The molecule has 1 atom stereocenters. The van der Waals surface area contributed by atoms with Gasteiger partial charge in [-0.3, -0.25) is 4.79 Å². The number of nitrogens with zero attached hydrogens (tertiary/aromatic N) is 2. The van der Waals surface area contributed by atoms with Gasteiger partial charge in [-0.1, -0.05) is 55.0 Å². The molecular weight excluding hydrogens is 326 g/mol. The Kier molecular flexibility index (Phi) is 4.64. The van der Waals surface area contributed by atoms with Gasteiger partial charge in [0.05, 0.1) is 6.21 Å². The van der Waals surface area contributed by atoms with E-state index in [4.69, 9.17) is 0 Å². The maximum atomic E-state index is 13.0. The van der Waals surface area contributed by atoms with E-state index in [0.717, 1.165) is 27.3 Å². The van der Waals surface area contributed by atoms with E-state index >= 15 is 0 Å². The Labute approximate surface area is 153 Å². The predicted octanol–water partition coefficient (Wildman–Crippen LogP) is 3.80. The highest BCUT2D eigenvalue weighted by atomic mass is 16.2. The van der Waals surface area contributed by atoms with E-state index in [1.54, 1.807) is 6.21 Å². The first-order valence-corrected chi connectivity index (χ1v) is 8.73. The Morgan fingerprint density at radius 2 is 1.69 bits per heavy atom. The molecule has 134 valence electrons. The number of hydrogen-bond donors (Lipinski definition) is 1. The molecule has 0 aliphatic carbocycles. The second kappa shape index (κ2) is 6.75. The normalized spacial score (nSPS) is 20.1. The Bertz CT molecular complexity index is 866. The summed E-state index contributed by atoms with van der Waals surface area (Å²) < 4.78 is 0. The van der Waals surface area contributed by atoms with Crippen molar-refractivity contribution in [3.8, 4) is 0 Å². The molecule has 3 amide bonds. The molecule has 1 fully saturated rings. The van der Waals surface area contributed by atoms with Crippen LogP contribution in [0.15, 0.2) is 47.6 Å². The number of hydrogen-bond acceptors (Lipinski definition) is 3. The lowest BCUT2D eigenvalue weighted by Gasteiger charge is -2.24. The lowest BCUT2D eigenvalue weighted by Crippen LogP contribution is -2.43. The zero-order valence-electron chi connectivity index (χ0n) is 15.5. The number of hydrazone groups is 1. The van der Waals surface area contributed by atoms with Gasteiger partial charge in [0.25, 0.3) is 5.91 Å². The van der Waals surface area contributed by atoms with Gasteiger partial charge >= 0.3 is 6.03 Å². The first-order chi connectivity index (χ1) is 12.4. The monoisotopic (exact) mass is 349 g/mol. The van der Waals surface area contributed by atoms with Crippen molar-refractivity contribution < 1.29 is 9.59 Å². The third kappa shape index (κ3) is 2.90. The van der Waals surface area contributed by atoms with E-state index in [1.807, 2.05) is 58.0 Å². The number of benzene rings is 2. The van der Waals surface area contributed by atoms with E-state index in [9.17, 15) is 9.59 Å². The Hall–Kier alpha value is -2.95. The summed E-state index contributed by atoms with van der Waals surface area (Å²) in [4.78, 5) is 25.5. The largest absolute Gasteiger partial charge is 0.346 e. The molecule has 0 saturated carbocycles. The number of carbonyl (C=O) groups excluding carboxylic acids is 2. The molecule has 2 aromatic rings. The summed E-state index contributed by atoms with van der Waals surface area (Å²) in [7, 11) is 0. The van der Waals surface area contributed by atoms with Crippen molar-refractivity contribution in [2.45, 2.75) is 39.7 Å². The summed E-state index contributed by atoms with van der Waals surface area (Å²) in [6.07, 6.45) is 2.05. The van der Waals surface area contributed by atoms with Crippen LogP contribution in [0.4, 0.5) is 4.79 Å². The van der Waals surface area contributed by atoms with Crippen LogP contribution in [-0.2, 0) is 10.3 Å². The maximum Gasteiger partial charge on any atom is 0.346 e. The van der Waals surface area contributed by atoms with Crippen molar-refractivity contribution in [1.82, 2.24) is 10.3 Å². The van der Waals surface area contributed by atoms with E-state index in [0.29, 0.717) is 6.42 Å². The number of rotatable bonds is 4. The molecule has 1 saturated heterocycles. The van der Waals surface area contributed by atoms with E-state index in [2.05, 4.69) is 22.6 Å². The number of carbonyl (C=O) groups is 2. The van der Waals surface area contributed by atoms with Gasteiger partial charge < -0.3 is 5.32 Å². The van der Waals surface area contributed by atoms with E-state index < -0.39 is 11.6 Å². The molecule has 2 aromatic carbocycles. The Morgan fingerprint density at radius 1 is 1.08 bits per heavy atom. The van der Waals surface area contributed by atoms with Crippen LogP contribution in [0.2, 0.25) is 0 Å². The Morgan fingerprint density at radius 3 is 2.27 bits per heavy atom. The van der Waals surface area contributed by atoms with Crippen LogP contribution >= 0.6 is 0 Å². The SMILES string of the molecule is CC[C@@]1(c2ccccc2)NC(=O)N(N=Cc2c(C)cc(C)cc2C)C1=O. The molecular formula is C21H23N3O2. The molecule has 26 heavy (non-hydrogen) atoms. The predicted molar refractivity (Wildman–Crippen MR) is 102 cm³/mol. The van der Waals surface area contributed by atoms with Gasteiger partial charge in [-0.05, 0) is 43.9 Å². The fourth-order valence-corrected chi connectivity index (χ4v) is 3.54. The molecule has 0 unspecified atom stereocenters. The molecule has 0 aromatic heterocycles. The van der Waals surface area contributed by atoms with Gasteiger partial charge in [0.15, 0.2) is 0 Å². The van der Waals surface area contributed by atoms with Crippen LogP contribution in [-0.4, -0.2) is 23.2 Å². The van der Waals surface area contributed by atoms with E-state index in [-0.39, 0.29) is 5.91 Å². The minimum Gasteiger partial charge on any atom is -0.318 e. The average Bonchev–Trinajstić information content (AvgIpc) is 2.86.